The van der Waals surface area contributed by atoms with Gasteiger partial charge in [-0.2, -0.15) is 0 Å². The highest BCUT2D eigenvalue weighted by atomic mass is 16.5. The third kappa shape index (κ3) is 3.43. The second kappa shape index (κ2) is 6.92. The van der Waals surface area contributed by atoms with Gasteiger partial charge >= 0.3 is 0 Å². The summed E-state index contributed by atoms with van der Waals surface area (Å²) in [5.41, 5.74) is 15.4. The van der Waals surface area contributed by atoms with Gasteiger partial charge < -0.3 is 21.2 Å². The monoisotopic (exact) mass is 369 g/mol. The number of hydrogen-bond donors (Lipinski definition) is 5. The van der Waals surface area contributed by atoms with E-state index in [0.29, 0.717) is 22.6 Å². The molecule has 6 nitrogen and oxygen atoms in total. The number of nitrogens with one attached hydrogen (secondary N) is 3. The average Bonchev–Trinajstić information content (AvgIpc) is 3.12. The van der Waals surface area contributed by atoms with Crippen molar-refractivity contribution in [3.05, 3.63) is 83.9 Å². The first-order valence-corrected chi connectivity index (χ1v) is 8.69. The molecule has 0 amide bonds. The van der Waals surface area contributed by atoms with E-state index >= 15 is 0 Å². The summed E-state index contributed by atoms with van der Waals surface area (Å²) in [7, 11) is 0. The zero-order chi connectivity index (χ0) is 19.7. The van der Waals surface area contributed by atoms with Crippen molar-refractivity contribution in [1.29, 1.82) is 10.8 Å². The molecule has 0 aliphatic carbocycles. The molecule has 0 aliphatic rings. The Hall–Kier alpha value is -4.06. The molecule has 0 radical (unpaired) electrons. The van der Waals surface area contributed by atoms with E-state index in [4.69, 9.17) is 27.0 Å². The molecule has 28 heavy (non-hydrogen) atoms. The number of ether oxygens (including phenoxy) is 1. The topological polar surface area (TPSA) is 125 Å². The predicted octanol–water partition coefficient (Wildman–Crippen LogP) is 4.20. The van der Waals surface area contributed by atoms with Gasteiger partial charge in [0.25, 0.3) is 0 Å². The number of fused-ring (bicyclic) bond motifs is 1. The van der Waals surface area contributed by atoms with Crippen LogP contribution in [0.4, 0.5) is 0 Å². The van der Waals surface area contributed by atoms with Gasteiger partial charge in [0.1, 0.15) is 23.2 Å². The van der Waals surface area contributed by atoms with E-state index in [1.165, 1.54) is 0 Å². The lowest BCUT2D eigenvalue weighted by Crippen LogP contribution is -2.10. The van der Waals surface area contributed by atoms with Crippen molar-refractivity contribution in [1.82, 2.24) is 4.98 Å². The van der Waals surface area contributed by atoms with E-state index in [-0.39, 0.29) is 11.7 Å². The second-order valence-corrected chi connectivity index (χ2v) is 6.46. The maximum Gasteiger partial charge on any atom is 0.127 e. The van der Waals surface area contributed by atoms with Gasteiger partial charge in [-0.1, -0.05) is 0 Å². The highest BCUT2D eigenvalue weighted by Gasteiger charge is 2.06. The first-order valence-electron chi connectivity index (χ1n) is 8.69. The van der Waals surface area contributed by atoms with E-state index in [0.717, 1.165) is 22.2 Å². The Morgan fingerprint density at radius 1 is 0.714 bits per heavy atom. The van der Waals surface area contributed by atoms with Crippen LogP contribution in [0.15, 0.2) is 72.8 Å². The van der Waals surface area contributed by atoms with Crippen molar-refractivity contribution < 1.29 is 4.74 Å². The Balaban J connectivity index is 1.55. The third-order valence-corrected chi connectivity index (χ3v) is 4.50. The number of aromatic amines is 1. The zero-order valence-corrected chi connectivity index (χ0v) is 15.0. The number of aromatic nitrogens is 1. The van der Waals surface area contributed by atoms with Crippen LogP contribution >= 0.6 is 0 Å². The van der Waals surface area contributed by atoms with Gasteiger partial charge in [0.2, 0.25) is 0 Å². The molecule has 0 fully saturated rings. The molecule has 0 aliphatic heterocycles. The highest BCUT2D eigenvalue weighted by Crippen LogP contribution is 2.28. The fraction of sp³-hybridized carbons (Fsp3) is 0. The van der Waals surface area contributed by atoms with E-state index < -0.39 is 0 Å². The summed E-state index contributed by atoms with van der Waals surface area (Å²) in [6, 6.07) is 22.6. The molecule has 0 bridgehead atoms. The quantitative estimate of drug-likeness (QED) is 0.267. The third-order valence-electron chi connectivity index (χ3n) is 4.50. The van der Waals surface area contributed by atoms with Crippen LogP contribution in [-0.2, 0) is 0 Å². The molecule has 0 atom stereocenters. The molecule has 138 valence electrons. The second-order valence-electron chi connectivity index (χ2n) is 6.46. The van der Waals surface area contributed by atoms with Crippen molar-refractivity contribution in [3.8, 4) is 22.8 Å². The van der Waals surface area contributed by atoms with E-state index in [1.54, 1.807) is 24.3 Å². The van der Waals surface area contributed by atoms with Crippen LogP contribution in [0.3, 0.4) is 0 Å². The fourth-order valence-electron chi connectivity index (χ4n) is 3.00. The number of benzene rings is 3. The summed E-state index contributed by atoms with van der Waals surface area (Å²) in [6.45, 7) is 0. The highest BCUT2D eigenvalue weighted by molar-refractivity contribution is 5.99. The minimum Gasteiger partial charge on any atom is -0.457 e. The summed E-state index contributed by atoms with van der Waals surface area (Å²) < 4.78 is 5.85. The predicted molar refractivity (Wildman–Crippen MR) is 112 cm³/mol. The molecule has 7 N–H and O–H groups in total. The van der Waals surface area contributed by atoms with E-state index in [2.05, 4.69) is 4.98 Å². The Kier molecular flexibility index (Phi) is 4.29. The van der Waals surface area contributed by atoms with Crippen LogP contribution < -0.4 is 16.2 Å². The van der Waals surface area contributed by atoms with Gasteiger partial charge in [0.05, 0.1) is 0 Å². The molecule has 1 heterocycles. The summed E-state index contributed by atoms with van der Waals surface area (Å²) >= 11 is 0. The molecular weight excluding hydrogens is 350 g/mol. The van der Waals surface area contributed by atoms with Gasteiger partial charge in [-0.05, 0) is 78.4 Å². The maximum atomic E-state index is 7.57. The molecule has 0 saturated heterocycles. The zero-order valence-electron chi connectivity index (χ0n) is 15.0. The SMILES string of the molecule is N=C(N)c1ccc(Oc2ccc(-c3cc4cc(C(=N)N)ccc4[nH]3)cc2)cc1. The number of hydrogen-bond acceptors (Lipinski definition) is 3. The van der Waals surface area contributed by atoms with Gasteiger partial charge in [0, 0.05) is 27.7 Å². The van der Waals surface area contributed by atoms with Crippen LogP contribution in [0.25, 0.3) is 22.2 Å². The van der Waals surface area contributed by atoms with Crippen LogP contribution in [0.5, 0.6) is 11.5 Å². The first kappa shape index (κ1) is 17.4. The summed E-state index contributed by atoms with van der Waals surface area (Å²) in [6.07, 6.45) is 0. The molecule has 0 unspecified atom stereocenters. The minimum absolute atomic E-state index is 0.0321. The van der Waals surface area contributed by atoms with Crippen molar-refractivity contribution in [3.63, 3.8) is 0 Å². The Morgan fingerprint density at radius 3 is 1.89 bits per heavy atom. The van der Waals surface area contributed by atoms with Gasteiger partial charge in [0.15, 0.2) is 0 Å². The molecule has 0 saturated carbocycles. The summed E-state index contributed by atoms with van der Waals surface area (Å²) in [4.78, 5) is 3.38. The van der Waals surface area contributed by atoms with E-state index in [1.807, 2.05) is 48.5 Å². The van der Waals surface area contributed by atoms with Crippen molar-refractivity contribution in [2.45, 2.75) is 0 Å². The lowest BCUT2D eigenvalue weighted by Gasteiger charge is -2.07. The summed E-state index contributed by atoms with van der Waals surface area (Å²) in [5, 5.41) is 16.0. The van der Waals surface area contributed by atoms with Gasteiger partial charge in [-0.15, -0.1) is 0 Å². The van der Waals surface area contributed by atoms with Crippen LogP contribution in [0, 0.1) is 10.8 Å². The molecular formula is C22H19N5O. The standard InChI is InChI=1S/C22H19N5O/c23-21(24)14-3-8-18(9-4-14)28-17-6-1-13(2-7-17)20-12-16-11-15(22(25)26)5-10-19(16)27-20/h1-12,27H,(H3,23,24)(H3,25,26). The first-order chi connectivity index (χ1) is 13.5. The van der Waals surface area contributed by atoms with Crippen LogP contribution in [0.2, 0.25) is 0 Å². The molecule has 0 spiro atoms. The average molecular weight is 369 g/mol. The Labute approximate surface area is 161 Å². The lowest BCUT2D eigenvalue weighted by atomic mass is 10.1. The van der Waals surface area contributed by atoms with Gasteiger partial charge in [-0.25, -0.2) is 0 Å². The number of nitrogens with two attached hydrogens (primary N) is 2. The minimum atomic E-state index is 0.0321. The van der Waals surface area contributed by atoms with Crippen molar-refractivity contribution in [2.24, 2.45) is 11.5 Å². The maximum absolute atomic E-state index is 7.57. The van der Waals surface area contributed by atoms with Crippen LogP contribution in [-0.4, -0.2) is 16.7 Å². The van der Waals surface area contributed by atoms with Gasteiger partial charge in [-0.3, -0.25) is 10.8 Å². The normalized spacial score (nSPS) is 10.7. The number of amidine groups is 2. The lowest BCUT2D eigenvalue weighted by molar-refractivity contribution is 0.483. The fourth-order valence-corrected chi connectivity index (χ4v) is 3.00. The molecule has 3 aromatic carbocycles. The molecule has 6 heteroatoms. The van der Waals surface area contributed by atoms with Crippen molar-refractivity contribution >= 4 is 22.6 Å². The number of H-pyrrole nitrogens is 1. The molecule has 1 aromatic heterocycles. The smallest absolute Gasteiger partial charge is 0.127 e. The van der Waals surface area contributed by atoms with Crippen molar-refractivity contribution in [2.75, 3.05) is 0 Å². The number of rotatable bonds is 5. The van der Waals surface area contributed by atoms with E-state index in [9.17, 15) is 0 Å². The molecule has 4 aromatic rings. The Bertz CT molecular complexity index is 1170. The summed E-state index contributed by atoms with van der Waals surface area (Å²) in [5.74, 6) is 1.49. The Morgan fingerprint density at radius 2 is 1.29 bits per heavy atom. The molecule has 4 rings (SSSR count). The van der Waals surface area contributed by atoms with Crippen LogP contribution in [0.1, 0.15) is 11.1 Å². The largest absolute Gasteiger partial charge is 0.457 e. The number of nitrogen functional groups attached to an aromatic ring is 2.